The molecule has 0 aliphatic heterocycles. The van der Waals surface area contributed by atoms with Crippen molar-refractivity contribution >= 4 is 21.6 Å². The predicted molar refractivity (Wildman–Crippen MR) is 90.8 cm³/mol. The number of hydrogen-bond donors (Lipinski definition) is 2. The lowest BCUT2D eigenvalue weighted by Crippen LogP contribution is -2.27. The second kappa shape index (κ2) is 7.39. The average molecular weight is 332 g/mol. The molecule has 2 aromatic carbocycles. The van der Waals surface area contributed by atoms with Gasteiger partial charge in [0.1, 0.15) is 0 Å². The summed E-state index contributed by atoms with van der Waals surface area (Å²) in [5.74, 6) is -0.125. The molecule has 0 fully saturated rings. The maximum Gasteiger partial charge on any atom is 0.240 e. The molecule has 0 bridgehead atoms. The molecule has 1 atom stereocenters. The number of nitrogens with one attached hydrogen (secondary N) is 2. The molecular weight excluding hydrogens is 312 g/mol. The monoisotopic (exact) mass is 332 g/mol. The van der Waals surface area contributed by atoms with E-state index in [0.717, 1.165) is 5.56 Å². The topological polar surface area (TPSA) is 75.3 Å². The largest absolute Gasteiger partial charge is 0.326 e. The van der Waals surface area contributed by atoms with Gasteiger partial charge in [-0.25, -0.2) is 13.1 Å². The number of carbonyl (C=O) groups is 1. The Balaban J connectivity index is 2.02. The van der Waals surface area contributed by atoms with Crippen LogP contribution in [0.2, 0.25) is 0 Å². The molecule has 0 saturated carbocycles. The van der Waals surface area contributed by atoms with Gasteiger partial charge in [0.2, 0.25) is 15.9 Å². The molecule has 0 saturated heterocycles. The van der Waals surface area contributed by atoms with E-state index in [9.17, 15) is 13.2 Å². The highest BCUT2D eigenvalue weighted by molar-refractivity contribution is 7.89. The van der Waals surface area contributed by atoms with Crippen molar-refractivity contribution in [1.82, 2.24) is 4.72 Å². The molecule has 23 heavy (non-hydrogen) atoms. The van der Waals surface area contributed by atoms with Crippen molar-refractivity contribution < 1.29 is 13.2 Å². The van der Waals surface area contributed by atoms with Gasteiger partial charge in [-0.15, -0.1) is 0 Å². The van der Waals surface area contributed by atoms with E-state index in [1.807, 2.05) is 37.3 Å². The van der Waals surface area contributed by atoms with Crippen molar-refractivity contribution in [2.24, 2.45) is 0 Å². The summed E-state index contributed by atoms with van der Waals surface area (Å²) in [7, 11) is -3.57. The molecule has 2 N–H and O–H groups in total. The van der Waals surface area contributed by atoms with Gasteiger partial charge in [0.25, 0.3) is 0 Å². The van der Waals surface area contributed by atoms with Crippen LogP contribution in [0.25, 0.3) is 0 Å². The number of benzene rings is 2. The molecule has 6 heteroatoms. The fraction of sp³-hybridized carbons (Fsp3) is 0.235. The smallest absolute Gasteiger partial charge is 0.240 e. The average Bonchev–Trinajstić information content (AvgIpc) is 2.53. The number of sulfonamides is 1. The van der Waals surface area contributed by atoms with Crippen LogP contribution in [0.15, 0.2) is 59.5 Å². The van der Waals surface area contributed by atoms with Crippen molar-refractivity contribution in [3.05, 3.63) is 60.2 Å². The lowest BCUT2D eigenvalue weighted by Gasteiger charge is -2.13. The third kappa shape index (κ3) is 4.91. The molecule has 0 aliphatic carbocycles. The summed E-state index contributed by atoms with van der Waals surface area (Å²) in [4.78, 5) is 11.1. The minimum absolute atomic E-state index is 0.0737. The Bertz CT molecular complexity index is 756. The third-order valence-electron chi connectivity index (χ3n) is 3.43. The van der Waals surface area contributed by atoms with Gasteiger partial charge in [-0.05, 0) is 35.7 Å². The summed E-state index contributed by atoms with van der Waals surface area (Å²) in [6, 6.07) is 15.8. The molecule has 0 radical (unpaired) electrons. The van der Waals surface area contributed by atoms with Crippen LogP contribution in [0.1, 0.15) is 25.3 Å². The summed E-state index contributed by atoms with van der Waals surface area (Å²) in [5.41, 5.74) is 1.64. The summed E-state index contributed by atoms with van der Waals surface area (Å²) in [5, 5.41) is 2.60. The Labute approximate surface area is 136 Å². The van der Waals surface area contributed by atoms with Crippen LogP contribution >= 0.6 is 0 Å². The summed E-state index contributed by atoms with van der Waals surface area (Å²) < 4.78 is 27.2. The van der Waals surface area contributed by atoms with E-state index in [1.54, 1.807) is 12.1 Å². The van der Waals surface area contributed by atoms with Gasteiger partial charge in [0.15, 0.2) is 0 Å². The normalized spacial score (nSPS) is 12.6. The zero-order chi connectivity index (χ0) is 16.9. The van der Waals surface area contributed by atoms with E-state index < -0.39 is 10.0 Å². The van der Waals surface area contributed by atoms with E-state index in [4.69, 9.17) is 0 Å². The first-order valence-electron chi connectivity index (χ1n) is 7.31. The van der Waals surface area contributed by atoms with Crippen LogP contribution in [0, 0.1) is 0 Å². The molecule has 2 rings (SSSR count). The molecule has 1 amide bonds. The van der Waals surface area contributed by atoms with Crippen molar-refractivity contribution in [1.29, 1.82) is 0 Å². The highest BCUT2D eigenvalue weighted by Gasteiger charge is 2.15. The number of rotatable bonds is 6. The van der Waals surface area contributed by atoms with E-state index in [2.05, 4.69) is 10.0 Å². The van der Waals surface area contributed by atoms with Gasteiger partial charge < -0.3 is 5.32 Å². The first-order chi connectivity index (χ1) is 10.9. The van der Waals surface area contributed by atoms with E-state index >= 15 is 0 Å². The fourth-order valence-electron chi connectivity index (χ4n) is 2.14. The van der Waals surface area contributed by atoms with Crippen LogP contribution in [0.5, 0.6) is 0 Å². The van der Waals surface area contributed by atoms with E-state index in [0.29, 0.717) is 12.2 Å². The van der Waals surface area contributed by atoms with Crippen molar-refractivity contribution in [3.8, 4) is 0 Å². The third-order valence-corrected chi connectivity index (χ3v) is 4.87. The lowest BCUT2D eigenvalue weighted by atomic mass is 10.0. The fourth-order valence-corrected chi connectivity index (χ4v) is 3.27. The molecule has 0 aliphatic rings. The Kier molecular flexibility index (Phi) is 5.52. The molecule has 0 heterocycles. The Morgan fingerprint density at radius 1 is 1.04 bits per heavy atom. The van der Waals surface area contributed by atoms with Crippen LogP contribution in [0.4, 0.5) is 5.69 Å². The Morgan fingerprint density at radius 3 is 2.22 bits per heavy atom. The minimum atomic E-state index is -3.57. The molecule has 0 unspecified atom stereocenters. The van der Waals surface area contributed by atoms with Gasteiger partial charge in [0, 0.05) is 19.2 Å². The minimum Gasteiger partial charge on any atom is -0.326 e. The number of amides is 1. The van der Waals surface area contributed by atoms with Crippen molar-refractivity contribution in [2.45, 2.75) is 24.7 Å². The maximum absolute atomic E-state index is 12.3. The molecular formula is C17H20N2O3S. The van der Waals surface area contributed by atoms with Gasteiger partial charge >= 0.3 is 0 Å². The molecule has 2 aromatic rings. The van der Waals surface area contributed by atoms with Gasteiger partial charge in [-0.1, -0.05) is 37.3 Å². The first kappa shape index (κ1) is 17.2. The number of carbonyl (C=O) groups excluding carboxylic acids is 1. The highest BCUT2D eigenvalue weighted by Crippen LogP contribution is 2.17. The highest BCUT2D eigenvalue weighted by atomic mass is 32.2. The molecule has 0 aromatic heterocycles. The molecule has 5 nitrogen and oxygen atoms in total. The second-order valence-corrected chi connectivity index (χ2v) is 7.14. The standard InChI is InChI=1S/C17H20N2O3S/c1-13(15-6-4-3-5-7-15)12-18-23(21,22)17-10-8-16(9-11-17)19-14(2)20/h3-11,13,18H,12H2,1-2H3,(H,19,20)/t13-/m1/s1. The van der Waals surface area contributed by atoms with Crippen LogP contribution in [-0.2, 0) is 14.8 Å². The molecule has 0 spiro atoms. The Hall–Kier alpha value is -2.18. The quantitative estimate of drug-likeness (QED) is 0.854. The predicted octanol–water partition coefficient (Wildman–Crippen LogP) is 2.73. The summed E-state index contributed by atoms with van der Waals surface area (Å²) in [6.45, 7) is 3.69. The van der Waals surface area contributed by atoms with Crippen LogP contribution < -0.4 is 10.0 Å². The van der Waals surface area contributed by atoms with E-state index in [1.165, 1.54) is 19.1 Å². The SMILES string of the molecule is CC(=O)Nc1ccc(S(=O)(=O)NC[C@@H](C)c2ccccc2)cc1. The summed E-state index contributed by atoms with van der Waals surface area (Å²) >= 11 is 0. The zero-order valence-electron chi connectivity index (χ0n) is 13.1. The van der Waals surface area contributed by atoms with Gasteiger partial charge in [0.05, 0.1) is 4.90 Å². The number of hydrogen-bond acceptors (Lipinski definition) is 3. The number of anilines is 1. The van der Waals surface area contributed by atoms with Gasteiger partial charge in [-0.2, -0.15) is 0 Å². The maximum atomic E-state index is 12.3. The second-order valence-electron chi connectivity index (χ2n) is 5.37. The molecule has 122 valence electrons. The Morgan fingerprint density at radius 2 is 1.65 bits per heavy atom. The van der Waals surface area contributed by atoms with Crippen molar-refractivity contribution in [3.63, 3.8) is 0 Å². The van der Waals surface area contributed by atoms with Crippen LogP contribution in [0.3, 0.4) is 0 Å². The van der Waals surface area contributed by atoms with Gasteiger partial charge in [-0.3, -0.25) is 4.79 Å². The van der Waals surface area contributed by atoms with E-state index in [-0.39, 0.29) is 16.7 Å². The lowest BCUT2D eigenvalue weighted by molar-refractivity contribution is -0.114. The first-order valence-corrected chi connectivity index (χ1v) is 8.79. The zero-order valence-corrected chi connectivity index (χ0v) is 13.9. The van der Waals surface area contributed by atoms with Crippen molar-refractivity contribution in [2.75, 3.05) is 11.9 Å². The van der Waals surface area contributed by atoms with Crippen LogP contribution in [-0.4, -0.2) is 20.9 Å². The summed E-state index contributed by atoms with van der Waals surface area (Å²) in [6.07, 6.45) is 0.